The molecular weight excluding hydrogens is 267 g/mol. The Bertz CT molecular complexity index is 420. The van der Waals surface area contributed by atoms with Gasteiger partial charge in [-0.05, 0) is 44.5 Å². The second-order valence-electron chi connectivity index (χ2n) is 5.48. The van der Waals surface area contributed by atoms with Crippen molar-refractivity contribution in [2.75, 3.05) is 25.5 Å². The van der Waals surface area contributed by atoms with Gasteiger partial charge in [0.1, 0.15) is 5.82 Å². The summed E-state index contributed by atoms with van der Waals surface area (Å²) in [5.74, 6) is 1.07. The highest BCUT2D eigenvalue weighted by molar-refractivity contribution is 5.36. The first kappa shape index (κ1) is 15.1. The molecule has 0 aromatic carbocycles. The topological polar surface area (TPSA) is 28.2 Å². The quantitative estimate of drug-likeness (QED) is 0.925. The van der Waals surface area contributed by atoms with Gasteiger partial charge in [0.15, 0.2) is 0 Å². The molecule has 112 valence electrons. The zero-order valence-corrected chi connectivity index (χ0v) is 11.7. The minimum atomic E-state index is -4.33. The maximum absolute atomic E-state index is 12.4. The number of nitrogens with zero attached hydrogens (tertiary/aromatic N) is 2. The number of anilines is 1. The van der Waals surface area contributed by atoms with Crippen LogP contribution in [0.4, 0.5) is 19.0 Å². The van der Waals surface area contributed by atoms with Crippen molar-refractivity contribution in [2.24, 2.45) is 5.92 Å². The summed E-state index contributed by atoms with van der Waals surface area (Å²) in [5.41, 5.74) is -0.716. The van der Waals surface area contributed by atoms with Crippen LogP contribution in [0.15, 0.2) is 18.3 Å². The molecule has 0 bridgehead atoms. The summed E-state index contributed by atoms with van der Waals surface area (Å²) in [6.07, 6.45) is -1.07. The van der Waals surface area contributed by atoms with Crippen LogP contribution in [-0.2, 0) is 6.18 Å². The molecule has 0 saturated carbocycles. The summed E-state index contributed by atoms with van der Waals surface area (Å²) in [6, 6.07) is 2.84. The van der Waals surface area contributed by atoms with E-state index in [1.807, 2.05) is 0 Å². The Morgan fingerprint density at radius 1 is 1.40 bits per heavy atom. The highest BCUT2D eigenvalue weighted by Gasteiger charge is 2.30. The molecule has 20 heavy (non-hydrogen) atoms. The van der Waals surface area contributed by atoms with E-state index in [0.717, 1.165) is 18.8 Å². The summed E-state index contributed by atoms with van der Waals surface area (Å²) in [4.78, 5) is 6.13. The van der Waals surface area contributed by atoms with Crippen LogP contribution in [0.5, 0.6) is 0 Å². The maximum atomic E-state index is 12.4. The molecule has 6 heteroatoms. The van der Waals surface area contributed by atoms with Gasteiger partial charge >= 0.3 is 6.18 Å². The number of piperidine rings is 1. The number of halogens is 3. The second kappa shape index (κ2) is 5.99. The highest BCUT2D eigenvalue weighted by Crippen LogP contribution is 2.29. The van der Waals surface area contributed by atoms with Crippen molar-refractivity contribution in [3.05, 3.63) is 23.9 Å². The highest BCUT2D eigenvalue weighted by atomic mass is 19.4. The molecule has 1 N–H and O–H groups in total. The average molecular weight is 287 g/mol. The number of nitrogens with one attached hydrogen (secondary N) is 1. The van der Waals surface area contributed by atoms with Gasteiger partial charge in [0, 0.05) is 18.8 Å². The monoisotopic (exact) mass is 287 g/mol. The minimum Gasteiger partial charge on any atom is -0.368 e. The van der Waals surface area contributed by atoms with Gasteiger partial charge in [0.2, 0.25) is 0 Å². The molecule has 0 radical (unpaired) electrons. The zero-order valence-electron chi connectivity index (χ0n) is 11.7. The number of hydrogen-bond donors (Lipinski definition) is 1. The van der Waals surface area contributed by atoms with Crippen LogP contribution < -0.4 is 5.32 Å². The summed E-state index contributed by atoms with van der Waals surface area (Å²) >= 11 is 0. The van der Waals surface area contributed by atoms with Crippen LogP contribution in [-0.4, -0.2) is 36.1 Å². The van der Waals surface area contributed by atoms with Crippen molar-refractivity contribution < 1.29 is 13.2 Å². The fourth-order valence-electron chi connectivity index (χ4n) is 2.69. The van der Waals surface area contributed by atoms with Gasteiger partial charge in [0.05, 0.1) is 5.56 Å². The molecule has 1 aliphatic heterocycles. The van der Waals surface area contributed by atoms with Gasteiger partial charge < -0.3 is 10.2 Å². The molecule has 3 nitrogen and oxygen atoms in total. The third-order valence-corrected chi connectivity index (χ3v) is 3.98. The Balaban J connectivity index is 1.93. The molecule has 1 aliphatic rings. The van der Waals surface area contributed by atoms with E-state index in [1.165, 1.54) is 18.9 Å². The summed E-state index contributed by atoms with van der Waals surface area (Å²) in [6.45, 7) is 3.98. The van der Waals surface area contributed by atoms with E-state index in [-0.39, 0.29) is 0 Å². The van der Waals surface area contributed by atoms with Gasteiger partial charge in [-0.2, -0.15) is 13.2 Å². The molecule has 2 rings (SSSR count). The first-order chi connectivity index (χ1) is 9.38. The third-order valence-electron chi connectivity index (χ3n) is 3.98. The van der Waals surface area contributed by atoms with E-state index in [9.17, 15) is 13.2 Å². The predicted molar refractivity (Wildman–Crippen MR) is 72.5 cm³/mol. The van der Waals surface area contributed by atoms with Gasteiger partial charge in [0.25, 0.3) is 0 Å². The first-order valence-corrected chi connectivity index (χ1v) is 6.85. The molecule has 1 saturated heterocycles. The zero-order chi connectivity index (χ0) is 14.8. The number of likely N-dealkylation sites (tertiary alicyclic amines) is 1. The van der Waals surface area contributed by atoms with Gasteiger partial charge in [-0.1, -0.05) is 6.92 Å². The van der Waals surface area contributed by atoms with Gasteiger partial charge in [-0.25, -0.2) is 4.98 Å². The van der Waals surface area contributed by atoms with Crippen LogP contribution >= 0.6 is 0 Å². The Kier molecular flexibility index (Phi) is 4.52. The number of aromatic nitrogens is 1. The van der Waals surface area contributed by atoms with Crippen LogP contribution in [0, 0.1) is 5.92 Å². The molecule has 1 unspecified atom stereocenters. The van der Waals surface area contributed by atoms with Gasteiger partial charge in [-0.3, -0.25) is 0 Å². The van der Waals surface area contributed by atoms with Crippen LogP contribution in [0.1, 0.15) is 25.3 Å². The van der Waals surface area contributed by atoms with Crippen LogP contribution in [0.3, 0.4) is 0 Å². The Labute approximate surface area is 117 Å². The lowest BCUT2D eigenvalue weighted by Gasteiger charge is -2.37. The fourth-order valence-corrected chi connectivity index (χ4v) is 2.69. The van der Waals surface area contributed by atoms with Crippen molar-refractivity contribution >= 4 is 5.82 Å². The normalized spacial score (nSPS) is 24.6. The molecule has 1 aromatic rings. The average Bonchev–Trinajstić information content (AvgIpc) is 2.37. The smallest absolute Gasteiger partial charge is 0.368 e. The van der Waals surface area contributed by atoms with Crippen LogP contribution in [0.25, 0.3) is 0 Å². The van der Waals surface area contributed by atoms with Crippen LogP contribution in [0.2, 0.25) is 0 Å². The number of rotatable bonds is 3. The first-order valence-electron chi connectivity index (χ1n) is 6.85. The van der Waals surface area contributed by atoms with E-state index in [4.69, 9.17) is 0 Å². The third kappa shape index (κ3) is 3.62. The van der Waals surface area contributed by atoms with E-state index in [2.05, 4.69) is 29.2 Å². The largest absolute Gasteiger partial charge is 0.417 e. The maximum Gasteiger partial charge on any atom is 0.417 e. The molecule has 0 amide bonds. The summed E-state index contributed by atoms with van der Waals surface area (Å²) < 4.78 is 37.3. The lowest BCUT2D eigenvalue weighted by atomic mass is 9.91. The summed E-state index contributed by atoms with van der Waals surface area (Å²) in [5, 5.41) is 3.13. The lowest BCUT2D eigenvalue weighted by molar-refractivity contribution is -0.137. The number of likely N-dealkylation sites (N-methyl/N-ethyl adjacent to an activating group) is 1. The Hall–Kier alpha value is -1.30. The minimum absolute atomic E-state index is 0.396. The lowest BCUT2D eigenvalue weighted by Crippen LogP contribution is -2.45. The number of hydrogen-bond acceptors (Lipinski definition) is 3. The van der Waals surface area contributed by atoms with E-state index in [0.29, 0.717) is 24.3 Å². The Morgan fingerprint density at radius 3 is 2.70 bits per heavy atom. The van der Waals surface area contributed by atoms with Crippen molar-refractivity contribution in [3.63, 3.8) is 0 Å². The molecule has 0 spiro atoms. The molecule has 0 aliphatic carbocycles. The molecule has 1 fully saturated rings. The van der Waals surface area contributed by atoms with E-state index in [1.54, 1.807) is 0 Å². The van der Waals surface area contributed by atoms with Crippen molar-refractivity contribution in [1.29, 1.82) is 0 Å². The second-order valence-corrected chi connectivity index (χ2v) is 5.48. The molecular formula is C14H20F3N3. The van der Waals surface area contributed by atoms with Gasteiger partial charge in [-0.15, -0.1) is 0 Å². The van der Waals surface area contributed by atoms with E-state index >= 15 is 0 Å². The van der Waals surface area contributed by atoms with Crippen molar-refractivity contribution in [1.82, 2.24) is 9.88 Å². The number of alkyl halides is 3. The number of pyridine rings is 1. The van der Waals surface area contributed by atoms with E-state index < -0.39 is 11.7 Å². The summed E-state index contributed by atoms with van der Waals surface area (Å²) in [7, 11) is 2.09. The standard InChI is InChI=1S/C14H20F3N3/c1-10-4-3-7-20(2)12(10)9-19-13-6-5-11(8-18-13)14(15,16)17/h5-6,8,10,12H,3-4,7,9H2,1-2H3,(H,18,19)/t10?,12-/m1/s1. The predicted octanol–water partition coefficient (Wildman–Crippen LogP) is 3.24. The molecule has 2 atom stereocenters. The molecule has 1 aromatic heterocycles. The van der Waals surface area contributed by atoms with Crippen molar-refractivity contribution in [2.45, 2.75) is 32.0 Å². The van der Waals surface area contributed by atoms with Crippen molar-refractivity contribution in [3.8, 4) is 0 Å². The fraction of sp³-hybridized carbons (Fsp3) is 0.643. The molecule has 2 heterocycles. The SMILES string of the molecule is CC1CCCN(C)[C@@H]1CNc1ccc(C(F)(F)F)cn1. The Morgan fingerprint density at radius 2 is 2.15 bits per heavy atom.